The van der Waals surface area contributed by atoms with E-state index in [9.17, 15) is 9.59 Å². The predicted octanol–water partition coefficient (Wildman–Crippen LogP) is 2.78. The number of amides is 2. The fourth-order valence-corrected chi connectivity index (χ4v) is 3.64. The average molecular weight is 422 g/mol. The average Bonchev–Trinajstić information content (AvgIpc) is 2.80. The van der Waals surface area contributed by atoms with Gasteiger partial charge in [-0.15, -0.1) is 0 Å². The van der Waals surface area contributed by atoms with E-state index in [1.165, 1.54) is 17.2 Å². The molecule has 2 aromatic carbocycles. The van der Waals surface area contributed by atoms with Crippen molar-refractivity contribution in [3.05, 3.63) is 71.3 Å². The molecule has 1 aliphatic heterocycles. The molecule has 2 aromatic rings. The molecule has 1 aliphatic rings. The van der Waals surface area contributed by atoms with E-state index < -0.39 is 6.04 Å². The van der Waals surface area contributed by atoms with E-state index in [0.29, 0.717) is 6.54 Å². The van der Waals surface area contributed by atoms with Crippen molar-refractivity contribution in [2.45, 2.75) is 38.9 Å². The van der Waals surface area contributed by atoms with Crippen LogP contribution in [0.4, 0.5) is 0 Å². The predicted molar refractivity (Wildman–Crippen MR) is 123 cm³/mol. The van der Waals surface area contributed by atoms with E-state index in [-0.39, 0.29) is 17.9 Å². The first-order valence-corrected chi connectivity index (χ1v) is 10.7. The van der Waals surface area contributed by atoms with Crippen molar-refractivity contribution >= 4 is 17.9 Å². The lowest BCUT2D eigenvalue weighted by molar-refractivity contribution is -0.126. The third-order valence-electron chi connectivity index (χ3n) is 5.65. The quantitative estimate of drug-likeness (QED) is 0.643. The summed E-state index contributed by atoms with van der Waals surface area (Å²) in [6, 6.07) is 15.5. The summed E-state index contributed by atoms with van der Waals surface area (Å²) in [7, 11) is 1.61. The zero-order valence-corrected chi connectivity index (χ0v) is 18.4. The molecule has 0 saturated carbocycles. The SMILES string of the molecule is COc1ccc(C=CC(=O)NC(C)C(=O)NCC(C)N2CCc3ccccc3C2)cc1. The van der Waals surface area contributed by atoms with E-state index in [4.69, 9.17) is 4.74 Å². The largest absolute Gasteiger partial charge is 0.497 e. The van der Waals surface area contributed by atoms with Gasteiger partial charge in [-0.25, -0.2) is 0 Å². The summed E-state index contributed by atoms with van der Waals surface area (Å²) in [6.45, 7) is 6.24. The van der Waals surface area contributed by atoms with E-state index >= 15 is 0 Å². The number of nitrogens with one attached hydrogen (secondary N) is 2. The molecule has 6 heteroatoms. The number of methoxy groups -OCH3 is 1. The Hall–Kier alpha value is -3.12. The summed E-state index contributed by atoms with van der Waals surface area (Å²) in [5.41, 5.74) is 3.65. The summed E-state index contributed by atoms with van der Waals surface area (Å²) >= 11 is 0. The Morgan fingerprint density at radius 2 is 1.81 bits per heavy atom. The van der Waals surface area contributed by atoms with Crippen LogP contribution >= 0.6 is 0 Å². The fraction of sp³-hybridized carbons (Fsp3) is 0.360. The molecule has 0 fully saturated rings. The molecule has 0 aromatic heterocycles. The van der Waals surface area contributed by atoms with Gasteiger partial charge in [0.05, 0.1) is 7.11 Å². The van der Waals surface area contributed by atoms with Crippen LogP contribution < -0.4 is 15.4 Å². The van der Waals surface area contributed by atoms with Crippen molar-refractivity contribution in [3.8, 4) is 5.75 Å². The van der Waals surface area contributed by atoms with Crippen LogP contribution in [0.25, 0.3) is 6.08 Å². The maximum Gasteiger partial charge on any atom is 0.244 e. The van der Waals surface area contributed by atoms with Crippen LogP contribution in [0.2, 0.25) is 0 Å². The van der Waals surface area contributed by atoms with E-state index in [1.54, 1.807) is 20.1 Å². The standard InChI is InChI=1S/C25H31N3O3/c1-18(28-15-14-21-6-4-5-7-22(21)17-28)16-26-25(30)19(2)27-24(29)13-10-20-8-11-23(31-3)12-9-20/h4-13,18-19H,14-17H2,1-3H3,(H,26,30)(H,27,29). The van der Waals surface area contributed by atoms with Crippen LogP contribution in [-0.2, 0) is 22.6 Å². The van der Waals surface area contributed by atoms with E-state index in [2.05, 4.69) is 46.7 Å². The van der Waals surface area contributed by atoms with E-state index in [1.807, 2.05) is 24.3 Å². The first-order valence-electron chi connectivity index (χ1n) is 10.7. The number of ether oxygens (including phenoxy) is 1. The van der Waals surface area contributed by atoms with Gasteiger partial charge in [0.25, 0.3) is 0 Å². The van der Waals surface area contributed by atoms with Crippen LogP contribution in [0.15, 0.2) is 54.6 Å². The van der Waals surface area contributed by atoms with Crippen LogP contribution in [-0.4, -0.2) is 49.0 Å². The minimum Gasteiger partial charge on any atom is -0.497 e. The summed E-state index contributed by atoms with van der Waals surface area (Å²) in [4.78, 5) is 27.0. The molecule has 2 N–H and O–H groups in total. The summed E-state index contributed by atoms with van der Waals surface area (Å²) in [5.74, 6) is 0.268. The number of carbonyl (C=O) groups excluding carboxylic acids is 2. The zero-order valence-electron chi connectivity index (χ0n) is 18.4. The highest BCUT2D eigenvalue weighted by atomic mass is 16.5. The lowest BCUT2D eigenvalue weighted by Crippen LogP contribution is -2.49. The van der Waals surface area contributed by atoms with E-state index in [0.717, 1.165) is 30.8 Å². The molecule has 0 aliphatic carbocycles. The highest BCUT2D eigenvalue weighted by Gasteiger charge is 2.21. The lowest BCUT2D eigenvalue weighted by atomic mass is 9.99. The van der Waals surface area contributed by atoms with Gasteiger partial charge in [-0.05, 0) is 55.2 Å². The van der Waals surface area contributed by atoms with Crippen molar-refractivity contribution in [1.29, 1.82) is 0 Å². The second-order valence-electron chi connectivity index (χ2n) is 7.92. The van der Waals surface area contributed by atoms with Crippen molar-refractivity contribution in [2.24, 2.45) is 0 Å². The number of hydrogen-bond acceptors (Lipinski definition) is 4. The van der Waals surface area contributed by atoms with Gasteiger partial charge in [0, 0.05) is 31.8 Å². The minimum absolute atomic E-state index is 0.185. The molecule has 0 saturated heterocycles. The normalized spacial score (nSPS) is 15.7. The van der Waals surface area contributed by atoms with Crippen LogP contribution in [0.1, 0.15) is 30.5 Å². The molecule has 0 radical (unpaired) electrons. The lowest BCUT2D eigenvalue weighted by Gasteiger charge is -2.34. The van der Waals surface area contributed by atoms with Gasteiger partial charge in [-0.3, -0.25) is 14.5 Å². The van der Waals surface area contributed by atoms with Crippen LogP contribution in [0, 0.1) is 0 Å². The number of fused-ring (bicyclic) bond motifs is 1. The summed E-state index contributed by atoms with van der Waals surface area (Å²) in [5, 5.41) is 5.67. The van der Waals surface area contributed by atoms with Crippen molar-refractivity contribution in [1.82, 2.24) is 15.5 Å². The minimum atomic E-state index is -0.609. The van der Waals surface area contributed by atoms with Crippen LogP contribution in [0.5, 0.6) is 5.75 Å². The zero-order chi connectivity index (χ0) is 22.2. The molecule has 1 heterocycles. The van der Waals surface area contributed by atoms with Crippen LogP contribution in [0.3, 0.4) is 0 Å². The van der Waals surface area contributed by atoms with Gasteiger partial charge in [-0.1, -0.05) is 36.4 Å². The van der Waals surface area contributed by atoms with Gasteiger partial charge in [0.15, 0.2) is 0 Å². The molecule has 6 nitrogen and oxygen atoms in total. The molecule has 164 valence electrons. The maximum absolute atomic E-state index is 12.4. The van der Waals surface area contributed by atoms with Crippen molar-refractivity contribution in [3.63, 3.8) is 0 Å². The van der Waals surface area contributed by atoms with Gasteiger partial charge in [0.1, 0.15) is 11.8 Å². The number of benzene rings is 2. The second-order valence-corrected chi connectivity index (χ2v) is 7.92. The molecule has 31 heavy (non-hydrogen) atoms. The Bertz CT molecular complexity index is 924. The summed E-state index contributed by atoms with van der Waals surface area (Å²) < 4.78 is 5.12. The molecule has 2 amide bonds. The van der Waals surface area contributed by atoms with Crippen molar-refractivity contribution in [2.75, 3.05) is 20.2 Å². The monoisotopic (exact) mass is 421 g/mol. The summed E-state index contributed by atoms with van der Waals surface area (Å²) in [6.07, 6.45) is 4.16. The van der Waals surface area contributed by atoms with Gasteiger partial charge >= 0.3 is 0 Å². The molecule has 2 atom stereocenters. The Labute approximate surface area is 184 Å². The molecule has 0 spiro atoms. The van der Waals surface area contributed by atoms with Gasteiger partial charge < -0.3 is 15.4 Å². The molecular formula is C25H31N3O3. The highest BCUT2D eigenvalue weighted by molar-refractivity contribution is 5.95. The number of carbonyl (C=O) groups is 2. The third kappa shape index (κ3) is 6.43. The Kier molecular flexibility index (Phi) is 7.84. The highest BCUT2D eigenvalue weighted by Crippen LogP contribution is 2.20. The number of rotatable bonds is 8. The molecule has 3 rings (SSSR count). The first kappa shape index (κ1) is 22.6. The Balaban J connectivity index is 1.42. The smallest absolute Gasteiger partial charge is 0.244 e. The third-order valence-corrected chi connectivity index (χ3v) is 5.65. The fourth-order valence-electron chi connectivity index (χ4n) is 3.64. The molecule has 2 unspecified atom stereocenters. The van der Waals surface area contributed by atoms with Gasteiger partial charge in [-0.2, -0.15) is 0 Å². The molecular weight excluding hydrogens is 390 g/mol. The first-order chi connectivity index (χ1) is 15.0. The Morgan fingerprint density at radius 1 is 1.10 bits per heavy atom. The number of nitrogens with zero attached hydrogens (tertiary/aromatic N) is 1. The van der Waals surface area contributed by atoms with Crippen molar-refractivity contribution < 1.29 is 14.3 Å². The Morgan fingerprint density at radius 3 is 2.52 bits per heavy atom. The van der Waals surface area contributed by atoms with Gasteiger partial charge in [0.2, 0.25) is 11.8 Å². The topological polar surface area (TPSA) is 70.7 Å². The number of hydrogen-bond donors (Lipinski definition) is 2. The second kappa shape index (κ2) is 10.8. The maximum atomic E-state index is 12.4. The molecule has 0 bridgehead atoms.